The van der Waals surface area contributed by atoms with Crippen molar-refractivity contribution in [2.75, 3.05) is 18.0 Å². The number of carbonyl (C=O) groups excluding carboxylic acids is 1. The standard InChI is InChI=1S/C19H17ClFN3O2/c20-16-9-12(7-8-22-16)23-10-19(11-23)18(25)24-15(5-6-17(24)26-19)13-3-1-2-4-14(13)21/h1-4,7-9,15,17H,5-6,10-11H2/t15-,17+/m0/s1. The highest BCUT2D eigenvalue weighted by atomic mass is 35.5. The lowest BCUT2D eigenvalue weighted by Gasteiger charge is -2.46. The monoisotopic (exact) mass is 373 g/mol. The normalized spacial score (nSPS) is 26.3. The first-order valence-corrected chi connectivity index (χ1v) is 9.07. The van der Waals surface area contributed by atoms with Crippen molar-refractivity contribution in [3.63, 3.8) is 0 Å². The summed E-state index contributed by atoms with van der Waals surface area (Å²) < 4.78 is 20.4. The van der Waals surface area contributed by atoms with E-state index in [1.165, 1.54) is 6.07 Å². The van der Waals surface area contributed by atoms with Gasteiger partial charge in [0.2, 0.25) is 0 Å². The molecular formula is C19H17ClFN3O2. The summed E-state index contributed by atoms with van der Waals surface area (Å²) in [6.07, 6.45) is 2.83. The molecule has 0 bridgehead atoms. The second-order valence-corrected chi connectivity index (χ2v) is 7.47. The Hall–Kier alpha value is -2.18. The van der Waals surface area contributed by atoms with Crippen molar-refractivity contribution >= 4 is 23.2 Å². The summed E-state index contributed by atoms with van der Waals surface area (Å²) in [6, 6.07) is 10.1. The van der Waals surface area contributed by atoms with Gasteiger partial charge in [0.05, 0.1) is 19.1 Å². The molecule has 4 heterocycles. The molecule has 3 saturated heterocycles. The number of ether oxygens (including phenoxy) is 1. The molecule has 3 aliphatic heterocycles. The summed E-state index contributed by atoms with van der Waals surface area (Å²) in [5, 5.41) is 0.419. The van der Waals surface area contributed by atoms with Crippen molar-refractivity contribution in [2.24, 2.45) is 0 Å². The highest BCUT2D eigenvalue weighted by Gasteiger charge is 2.62. The van der Waals surface area contributed by atoms with Gasteiger partial charge in [-0.25, -0.2) is 9.37 Å². The van der Waals surface area contributed by atoms with Crippen LogP contribution in [0.1, 0.15) is 24.4 Å². The Kier molecular flexibility index (Phi) is 3.49. The Labute approximate surface area is 155 Å². The van der Waals surface area contributed by atoms with Gasteiger partial charge in [-0.15, -0.1) is 0 Å². The fraction of sp³-hybridized carbons (Fsp3) is 0.368. The smallest absolute Gasteiger partial charge is 0.261 e. The van der Waals surface area contributed by atoms with E-state index in [2.05, 4.69) is 4.98 Å². The third kappa shape index (κ3) is 2.25. The Morgan fingerprint density at radius 1 is 1.23 bits per heavy atom. The van der Waals surface area contributed by atoms with Crippen molar-refractivity contribution in [3.05, 3.63) is 59.1 Å². The third-order valence-electron chi connectivity index (χ3n) is 5.55. The number of hydrogen-bond acceptors (Lipinski definition) is 4. The van der Waals surface area contributed by atoms with Crippen LogP contribution in [-0.2, 0) is 9.53 Å². The SMILES string of the molecule is O=C1N2[C@@H](CC[C@H]2c2ccccc2F)OC12CN(c1ccnc(Cl)c1)C2. The zero-order valence-corrected chi connectivity index (χ0v) is 14.7. The second-order valence-electron chi connectivity index (χ2n) is 7.09. The van der Waals surface area contributed by atoms with E-state index in [0.717, 1.165) is 18.5 Å². The largest absolute Gasteiger partial charge is 0.364 e. The number of pyridine rings is 1. The molecule has 134 valence electrons. The maximum Gasteiger partial charge on any atom is 0.261 e. The third-order valence-corrected chi connectivity index (χ3v) is 5.76. The molecule has 7 heteroatoms. The van der Waals surface area contributed by atoms with E-state index in [9.17, 15) is 9.18 Å². The number of hydrogen-bond donors (Lipinski definition) is 0. The van der Waals surface area contributed by atoms with Crippen molar-refractivity contribution < 1.29 is 13.9 Å². The van der Waals surface area contributed by atoms with E-state index in [1.54, 1.807) is 35.4 Å². The Morgan fingerprint density at radius 2 is 2.04 bits per heavy atom. The highest BCUT2D eigenvalue weighted by molar-refractivity contribution is 6.29. The van der Waals surface area contributed by atoms with Gasteiger partial charge in [-0.1, -0.05) is 29.8 Å². The molecule has 3 aliphatic rings. The van der Waals surface area contributed by atoms with Crippen molar-refractivity contribution in [1.29, 1.82) is 0 Å². The van der Waals surface area contributed by atoms with Gasteiger partial charge < -0.3 is 14.5 Å². The van der Waals surface area contributed by atoms with E-state index in [0.29, 0.717) is 23.8 Å². The van der Waals surface area contributed by atoms with Crippen LogP contribution >= 0.6 is 11.6 Å². The van der Waals surface area contributed by atoms with E-state index in [-0.39, 0.29) is 24.0 Å². The van der Waals surface area contributed by atoms with Gasteiger partial charge in [0, 0.05) is 17.4 Å². The molecule has 0 saturated carbocycles. The molecule has 1 aromatic heterocycles. The molecule has 0 N–H and O–H groups in total. The number of rotatable bonds is 2. The first-order chi connectivity index (χ1) is 12.6. The van der Waals surface area contributed by atoms with Gasteiger partial charge in [0.15, 0.2) is 5.60 Å². The maximum absolute atomic E-state index is 14.2. The zero-order valence-electron chi connectivity index (χ0n) is 13.9. The van der Waals surface area contributed by atoms with E-state index >= 15 is 0 Å². The second kappa shape index (κ2) is 5.66. The molecule has 5 rings (SSSR count). The first kappa shape index (κ1) is 16.0. The average molecular weight is 374 g/mol. The molecule has 26 heavy (non-hydrogen) atoms. The minimum atomic E-state index is -0.829. The van der Waals surface area contributed by atoms with Crippen LogP contribution in [0.25, 0.3) is 0 Å². The lowest BCUT2D eigenvalue weighted by Crippen LogP contribution is -2.66. The van der Waals surface area contributed by atoms with Crippen LogP contribution in [0, 0.1) is 5.82 Å². The number of benzene rings is 1. The van der Waals surface area contributed by atoms with Crippen LogP contribution in [0.15, 0.2) is 42.6 Å². The Bertz CT molecular complexity index is 887. The molecule has 1 spiro atoms. The molecule has 0 unspecified atom stereocenters. The summed E-state index contributed by atoms with van der Waals surface area (Å²) in [4.78, 5) is 20.9. The van der Waals surface area contributed by atoms with Crippen LogP contribution in [-0.4, -0.2) is 40.7 Å². The lowest BCUT2D eigenvalue weighted by atomic mass is 9.91. The van der Waals surface area contributed by atoms with Crippen molar-refractivity contribution in [3.8, 4) is 0 Å². The van der Waals surface area contributed by atoms with Crippen LogP contribution in [0.2, 0.25) is 5.15 Å². The van der Waals surface area contributed by atoms with Crippen LogP contribution in [0.4, 0.5) is 10.1 Å². The van der Waals surface area contributed by atoms with Crippen LogP contribution in [0.5, 0.6) is 0 Å². The fourth-order valence-electron chi connectivity index (χ4n) is 4.32. The number of carbonyl (C=O) groups is 1. The lowest BCUT2D eigenvalue weighted by molar-refractivity contribution is -0.140. The van der Waals surface area contributed by atoms with Crippen molar-refractivity contribution in [2.45, 2.75) is 30.7 Å². The predicted molar refractivity (Wildman–Crippen MR) is 94.3 cm³/mol. The zero-order chi connectivity index (χ0) is 17.9. The Morgan fingerprint density at radius 3 is 2.81 bits per heavy atom. The van der Waals surface area contributed by atoms with E-state index in [1.807, 2.05) is 11.0 Å². The van der Waals surface area contributed by atoms with Gasteiger partial charge in [0.1, 0.15) is 17.2 Å². The highest BCUT2D eigenvalue weighted by Crippen LogP contribution is 2.48. The number of anilines is 1. The van der Waals surface area contributed by atoms with E-state index in [4.69, 9.17) is 16.3 Å². The number of halogens is 2. The first-order valence-electron chi connectivity index (χ1n) is 8.69. The van der Waals surface area contributed by atoms with Gasteiger partial charge >= 0.3 is 0 Å². The molecule has 1 amide bonds. The molecule has 1 aromatic carbocycles. The predicted octanol–water partition coefficient (Wildman–Crippen LogP) is 3.15. The molecular weight excluding hydrogens is 357 g/mol. The summed E-state index contributed by atoms with van der Waals surface area (Å²) in [7, 11) is 0. The maximum atomic E-state index is 14.2. The van der Waals surface area contributed by atoms with E-state index < -0.39 is 5.60 Å². The summed E-state index contributed by atoms with van der Waals surface area (Å²) in [5.41, 5.74) is 0.662. The number of amides is 1. The van der Waals surface area contributed by atoms with Crippen LogP contribution < -0.4 is 4.90 Å². The minimum Gasteiger partial charge on any atom is -0.364 e. The van der Waals surface area contributed by atoms with Gasteiger partial charge in [-0.3, -0.25) is 4.79 Å². The quantitative estimate of drug-likeness (QED) is 0.759. The molecule has 0 aliphatic carbocycles. The van der Waals surface area contributed by atoms with Gasteiger partial charge in [0.25, 0.3) is 5.91 Å². The molecule has 2 aromatic rings. The Balaban J connectivity index is 1.38. The molecule has 0 radical (unpaired) electrons. The number of aromatic nitrogens is 1. The fourth-order valence-corrected chi connectivity index (χ4v) is 4.48. The minimum absolute atomic E-state index is 0.0374. The summed E-state index contributed by atoms with van der Waals surface area (Å²) in [6.45, 7) is 0.951. The summed E-state index contributed by atoms with van der Waals surface area (Å²) >= 11 is 5.95. The molecule has 3 fully saturated rings. The number of nitrogens with zero attached hydrogens (tertiary/aromatic N) is 3. The molecule has 5 nitrogen and oxygen atoms in total. The molecule has 2 atom stereocenters. The summed E-state index contributed by atoms with van der Waals surface area (Å²) in [5.74, 6) is -0.307. The van der Waals surface area contributed by atoms with Gasteiger partial charge in [-0.2, -0.15) is 0 Å². The topological polar surface area (TPSA) is 45.7 Å². The number of fused-ring (bicyclic) bond motifs is 1. The average Bonchev–Trinajstić information content (AvgIpc) is 3.12. The van der Waals surface area contributed by atoms with Crippen molar-refractivity contribution in [1.82, 2.24) is 9.88 Å². The van der Waals surface area contributed by atoms with Gasteiger partial charge in [-0.05, 0) is 31.0 Å². The van der Waals surface area contributed by atoms with Crippen LogP contribution in [0.3, 0.4) is 0 Å².